The third-order valence-corrected chi connectivity index (χ3v) is 5.48. The maximum Gasteiger partial charge on any atom is 0.277 e. The molecule has 0 unspecified atom stereocenters. The molecule has 6 nitrogen and oxygen atoms in total. The van der Waals surface area contributed by atoms with Crippen LogP contribution in [0.2, 0.25) is 0 Å². The average molecular weight is 370 g/mol. The van der Waals surface area contributed by atoms with Crippen molar-refractivity contribution in [2.24, 2.45) is 0 Å². The fourth-order valence-corrected chi connectivity index (χ4v) is 3.58. The highest BCUT2D eigenvalue weighted by molar-refractivity contribution is 7.14. The number of thiazole rings is 1. The Labute approximate surface area is 156 Å². The summed E-state index contributed by atoms with van der Waals surface area (Å²) in [5.74, 6) is -0.0910. The number of benzene rings is 1. The second kappa shape index (κ2) is 7.29. The highest BCUT2D eigenvalue weighted by atomic mass is 32.1. The number of amides is 1. The van der Waals surface area contributed by atoms with E-state index in [9.17, 15) is 9.59 Å². The van der Waals surface area contributed by atoms with E-state index in [0.29, 0.717) is 22.9 Å². The normalized spacial score (nSPS) is 10.9. The van der Waals surface area contributed by atoms with Crippen LogP contribution in [0, 0.1) is 20.8 Å². The summed E-state index contributed by atoms with van der Waals surface area (Å²) in [5.41, 5.74) is 2.93. The molecule has 2 aromatic heterocycles. The molecule has 0 spiro atoms. The molecule has 2 heterocycles. The molecule has 3 aromatic rings. The van der Waals surface area contributed by atoms with Crippen LogP contribution in [0.1, 0.15) is 27.4 Å². The monoisotopic (exact) mass is 370 g/mol. The van der Waals surface area contributed by atoms with Crippen LogP contribution >= 0.6 is 11.3 Å². The molecule has 0 fully saturated rings. The van der Waals surface area contributed by atoms with E-state index in [1.54, 1.807) is 11.9 Å². The van der Waals surface area contributed by atoms with Crippen molar-refractivity contribution in [1.29, 1.82) is 0 Å². The zero-order valence-corrected chi connectivity index (χ0v) is 16.2. The SMILES string of the molecule is Cc1nc(-n2[nH]c(C)c(CC(=O)N(C)Cc3ccccc3)c2=O)sc1C. The molecule has 1 aromatic carbocycles. The fourth-order valence-electron chi connectivity index (χ4n) is 2.71. The van der Waals surface area contributed by atoms with Gasteiger partial charge in [0.05, 0.1) is 12.1 Å². The van der Waals surface area contributed by atoms with Crippen molar-refractivity contribution in [3.05, 3.63) is 68.1 Å². The maximum absolute atomic E-state index is 12.8. The van der Waals surface area contributed by atoms with E-state index in [1.165, 1.54) is 16.0 Å². The Bertz CT molecular complexity index is 965. The molecule has 0 aliphatic carbocycles. The van der Waals surface area contributed by atoms with Gasteiger partial charge in [-0.1, -0.05) is 41.7 Å². The summed E-state index contributed by atoms with van der Waals surface area (Å²) < 4.78 is 1.43. The number of rotatable bonds is 5. The lowest BCUT2D eigenvalue weighted by atomic mass is 10.1. The molecule has 0 bridgehead atoms. The Morgan fingerprint density at radius 1 is 1.23 bits per heavy atom. The van der Waals surface area contributed by atoms with Gasteiger partial charge in [0, 0.05) is 29.7 Å². The lowest BCUT2D eigenvalue weighted by Crippen LogP contribution is -2.30. The molecule has 136 valence electrons. The van der Waals surface area contributed by atoms with Crippen LogP contribution in [-0.2, 0) is 17.8 Å². The standard InChI is InChI=1S/C19H22N4O2S/c1-12-14(3)26-19(20-12)23-18(25)16(13(2)21-23)10-17(24)22(4)11-15-8-6-5-7-9-15/h5-9,21H,10-11H2,1-4H3. The number of aromatic nitrogens is 3. The second-order valence-corrected chi connectivity index (χ2v) is 7.59. The summed E-state index contributed by atoms with van der Waals surface area (Å²) in [5, 5.41) is 3.65. The Hall–Kier alpha value is -2.67. The summed E-state index contributed by atoms with van der Waals surface area (Å²) >= 11 is 1.46. The van der Waals surface area contributed by atoms with E-state index in [2.05, 4.69) is 10.1 Å². The lowest BCUT2D eigenvalue weighted by molar-refractivity contribution is -0.129. The molecule has 0 aliphatic heterocycles. The van der Waals surface area contributed by atoms with E-state index >= 15 is 0 Å². The zero-order chi connectivity index (χ0) is 18.8. The Kier molecular flexibility index (Phi) is 5.08. The van der Waals surface area contributed by atoms with E-state index in [-0.39, 0.29) is 17.9 Å². The van der Waals surface area contributed by atoms with Crippen LogP contribution in [0.3, 0.4) is 0 Å². The van der Waals surface area contributed by atoms with Crippen molar-refractivity contribution in [3.8, 4) is 5.13 Å². The molecule has 1 N–H and O–H groups in total. The summed E-state index contributed by atoms with van der Waals surface area (Å²) in [4.78, 5) is 32.5. The minimum atomic E-state index is -0.210. The maximum atomic E-state index is 12.8. The van der Waals surface area contributed by atoms with E-state index in [4.69, 9.17) is 0 Å². The quantitative estimate of drug-likeness (QED) is 0.751. The molecule has 0 aliphatic rings. The highest BCUT2D eigenvalue weighted by Gasteiger charge is 2.19. The number of hydrogen-bond acceptors (Lipinski definition) is 4. The Morgan fingerprint density at radius 3 is 2.54 bits per heavy atom. The van der Waals surface area contributed by atoms with Gasteiger partial charge in [0.2, 0.25) is 11.0 Å². The number of carbonyl (C=O) groups excluding carboxylic acids is 1. The summed E-state index contributed by atoms with van der Waals surface area (Å²) in [6, 6.07) is 9.79. The molecule has 0 saturated carbocycles. The van der Waals surface area contributed by atoms with Gasteiger partial charge < -0.3 is 4.90 Å². The largest absolute Gasteiger partial charge is 0.341 e. The van der Waals surface area contributed by atoms with Gasteiger partial charge in [-0.25, -0.2) is 4.98 Å². The van der Waals surface area contributed by atoms with Gasteiger partial charge in [0.15, 0.2) is 0 Å². The first-order valence-electron chi connectivity index (χ1n) is 8.39. The van der Waals surface area contributed by atoms with Gasteiger partial charge in [-0.15, -0.1) is 0 Å². The second-order valence-electron chi connectivity index (χ2n) is 6.41. The number of hydrogen-bond donors (Lipinski definition) is 1. The van der Waals surface area contributed by atoms with Crippen LogP contribution in [-0.4, -0.2) is 32.6 Å². The van der Waals surface area contributed by atoms with Crippen LogP contribution in [0.25, 0.3) is 5.13 Å². The third-order valence-electron chi connectivity index (χ3n) is 4.42. The zero-order valence-electron chi connectivity index (χ0n) is 15.4. The number of H-pyrrole nitrogens is 1. The van der Waals surface area contributed by atoms with Gasteiger partial charge in [-0.05, 0) is 26.3 Å². The van der Waals surface area contributed by atoms with Crippen molar-refractivity contribution in [1.82, 2.24) is 19.7 Å². The van der Waals surface area contributed by atoms with Crippen LogP contribution in [0.15, 0.2) is 35.1 Å². The third kappa shape index (κ3) is 3.62. The number of aromatic amines is 1. The first-order chi connectivity index (χ1) is 12.4. The molecule has 0 atom stereocenters. The molecule has 26 heavy (non-hydrogen) atoms. The van der Waals surface area contributed by atoms with Crippen LogP contribution in [0.4, 0.5) is 0 Å². The van der Waals surface area contributed by atoms with Crippen molar-refractivity contribution >= 4 is 17.2 Å². The number of nitrogens with zero attached hydrogens (tertiary/aromatic N) is 3. The number of nitrogens with one attached hydrogen (secondary N) is 1. The highest BCUT2D eigenvalue weighted by Crippen LogP contribution is 2.19. The van der Waals surface area contributed by atoms with E-state index < -0.39 is 0 Å². The topological polar surface area (TPSA) is 71.0 Å². The van der Waals surface area contributed by atoms with Gasteiger partial charge in [0.25, 0.3) is 5.56 Å². The summed E-state index contributed by atoms with van der Waals surface area (Å²) in [7, 11) is 1.75. The van der Waals surface area contributed by atoms with Crippen LogP contribution < -0.4 is 5.56 Å². The molecule has 0 radical (unpaired) electrons. The van der Waals surface area contributed by atoms with Crippen molar-refractivity contribution in [2.45, 2.75) is 33.7 Å². The lowest BCUT2D eigenvalue weighted by Gasteiger charge is -2.16. The minimum absolute atomic E-state index is 0.0703. The molecular formula is C19H22N4O2S. The first-order valence-corrected chi connectivity index (χ1v) is 9.21. The van der Waals surface area contributed by atoms with Crippen molar-refractivity contribution in [2.75, 3.05) is 7.05 Å². The molecule has 3 rings (SSSR count). The van der Waals surface area contributed by atoms with E-state index in [1.807, 2.05) is 51.1 Å². The molecule has 0 saturated heterocycles. The Morgan fingerprint density at radius 2 is 1.92 bits per heavy atom. The van der Waals surface area contributed by atoms with Crippen molar-refractivity contribution in [3.63, 3.8) is 0 Å². The fraction of sp³-hybridized carbons (Fsp3) is 0.316. The van der Waals surface area contributed by atoms with Crippen LogP contribution in [0.5, 0.6) is 0 Å². The molecule has 1 amide bonds. The van der Waals surface area contributed by atoms with Gasteiger partial charge >= 0.3 is 0 Å². The minimum Gasteiger partial charge on any atom is -0.341 e. The molecular weight excluding hydrogens is 348 g/mol. The predicted octanol–water partition coefficient (Wildman–Crippen LogP) is 2.75. The van der Waals surface area contributed by atoms with Gasteiger partial charge in [-0.2, -0.15) is 4.68 Å². The molecule has 7 heteroatoms. The van der Waals surface area contributed by atoms with Gasteiger partial charge in [0.1, 0.15) is 0 Å². The predicted molar refractivity (Wildman–Crippen MR) is 103 cm³/mol. The van der Waals surface area contributed by atoms with Crippen molar-refractivity contribution < 1.29 is 4.79 Å². The van der Waals surface area contributed by atoms with Gasteiger partial charge in [-0.3, -0.25) is 14.7 Å². The summed E-state index contributed by atoms with van der Waals surface area (Å²) in [6.45, 7) is 6.21. The Balaban J connectivity index is 1.79. The number of carbonyl (C=O) groups is 1. The number of likely N-dealkylation sites (N-methyl/N-ethyl adjacent to an activating group) is 1. The smallest absolute Gasteiger partial charge is 0.277 e. The average Bonchev–Trinajstić information content (AvgIpc) is 3.09. The number of aryl methyl sites for hydroxylation is 3. The van der Waals surface area contributed by atoms with E-state index in [0.717, 1.165) is 16.1 Å². The summed E-state index contributed by atoms with van der Waals surface area (Å²) in [6.07, 6.45) is 0.0703. The first kappa shape index (κ1) is 18.1.